The molecule has 60 valence electrons. The molecule has 1 heterocycles. The molecule has 0 aliphatic rings. The van der Waals surface area contributed by atoms with Crippen LogP contribution in [0.1, 0.15) is 18.1 Å². The monoisotopic (exact) mass is 150 g/mol. The lowest BCUT2D eigenvalue weighted by Crippen LogP contribution is -2.17. The Labute approximate surface area is 67.5 Å². The van der Waals surface area contributed by atoms with E-state index in [1.807, 2.05) is 26.2 Å². The molecule has 0 amide bonds. The highest BCUT2D eigenvalue weighted by Gasteiger charge is 1.97. The largest absolute Gasteiger partial charge is 0.328 e. The average Bonchev–Trinajstić information content (AvgIpc) is 1.85. The molecule has 1 aromatic heterocycles. The van der Waals surface area contributed by atoms with E-state index in [0.717, 1.165) is 6.42 Å². The molecule has 1 aromatic rings. The molecule has 1 rings (SSSR count). The molecule has 0 aliphatic heterocycles. The Bertz CT molecular complexity index is 231. The zero-order valence-electron chi connectivity index (χ0n) is 7.04. The Kier molecular flexibility index (Phi) is 2.60. The van der Waals surface area contributed by atoms with Gasteiger partial charge >= 0.3 is 0 Å². The molecule has 0 spiro atoms. The number of hydrogen-bond acceptors (Lipinski definition) is 2. The van der Waals surface area contributed by atoms with Gasteiger partial charge in [-0.1, -0.05) is 6.07 Å². The molecule has 0 saturated carbocycles. The second-order valence-electron chi connectivity index (χ2n) is 3.05. The van der Waals surface area contributed by atoms with E-state index in [1.54, 1.807) is 0 Å². The van der Waals surface area contributed by atoms with Crippen LogP contribution in [-0.4, -0.2) is 11.0 Å². The maximum absolute atomic E-state index is 5.65. The first-order valence-electron chi connectivity index (χ1n) is 3.84. The van der Waals surface area contributed by atoms with Crippen LogP contribution in [0, 0.1) is 6.92 Å². The first-order chi connectivity index (χ1) is 5.18. The van der Waals surface area contributed by atoms with E-state index in [2.05, 4.69) is 11.1 Å². The van der Waals surface area contributed by atoms with E-state index in [4.69, 9.17) is 5.73 Å². The van der Waals surface area contributed by atoms with Crippen LogP contribution in [0.15, 0.2) is 18.5 Å². The van der Waals surface area contributed by atoms with Crippen molar-refractivity contribution in [1.29, 1.82) is 0 Å². The van der Waals surface area contributed by atoms with Gasteiger partial charge in [0, 0.05) is 18.4 Å². The summed E-state index contributed by atoms with van der Waals surface area (Å²) in [5.41, 5.74) is 8.07. The number of rotatable bonds is 2. The van der Waals surface area contributed by atoms with Crippen LogP contribution in [0.5, 0.6) is 0 Å². The average molecular weight is 150 g/mol. The summed E-state index contributed by atoms with van der Waals surface area (Å²) in [5, 5.41) is 0. The molecule has 2 heteroatoms. The quantitative estimate of drug-likeness (QED) is 0.689. The van der Waals surface area contributed by atoms with Gasteiger partial charge in [-0.05, 0) is 31.4 Å². The number of aromatic nitrogens is 1. The van der Waals surface area contributed by atoms with Gasteiger partial charge in [0.05, 0.1) is 0 Å². The molecule has 1 atom stereocenters. The predicted molar refractivity (Wildman–Crippen MR) is 46.3 cm³/mol. The third-order valence-corrected chi connectivity index (χ3v) is 1.49. The first kappa shape index (κ1) is 8.21. The van der Waals surface area contributed by atoms with Gasteiger partial charge < -0.3 is 5.73 Å². The molecule has 0 aliphatic carbocycles. The highest BCUT2D eigenvalue weighted by atomic mass is 14.6. The SMILES string of the molecule is Cc1cncc(C[C@@H](C)N)c1. The lowest BCUT2D eigenvalue weighted by Gasteiger charge is -2.04. The molecule has 0 fully saturated rings. The van der Waals surface area contributed by atoms with Gasteiger partial charge in [0.1, 0.15) is 0 Å². The summed E-state index contributed by atoms with van der Waals surface area (Å²) in [6, 6.07) is 2.34. The lowest BCUT2D eigenvalue weighted by atomic mass is 10.1. The van der Waals surface area contributed by atoms with Gasteiger partial charge in [0.25, 0.3) is 0 Å². The number of nitrogens with two attached hydrogens (primary N) is 1. The smallest absolute Gasteiger partial charge is 0.0300 e. The Hall–Kier alpha value is -0.890. The van der Waals surface area contributed by atoms with Crippen molar-refractivity contribution in [3.8, 4) is 0 Å². The summed E-state index contributed by atoms with van der Waals surface area (Å²) in [4.78, 5) is 4.08. The normalized spacial score (nSPS) is 13.0. The van der Waals surface area contributed by atoms with Gasteiger partial charge in [0.2, 0.25) is 0 Å². The molecule has 0 saturated heterocycles. The van der Waals surface area contributed by atoms with Gasteiger partial charge in [-0.15, -0.1) is 0 Å². The van der Waals surface area contributed by atoms with Crippen molar-refractivity contribution < 1.29 is 0 Å². The summed E-state index contributed by atoms with van der Waals surface area (Å²) in [6.07, 6.45) is 4.63. The fraction of sp³-hybridized carbons (Fsp3) is 0.444. The summed E-state index contributed by atoms with van der Waals surface area (Å²) >= 11 is 0. The van der Waals surface area contributed by atoms with E-state index >= 15 is 0 Å². The first-order valence-corrected chi connectivity index (χ1v) is 3.84. The summed E-state index contributed by atoms with van der Waals surface area (Å²) in [6.45, 7) is 4.04. The van der Waals surface area contributed by atoms with Crippen molar-refractivity contribution >= 4 is 0 Å². The Morgan fingerprint density at radius 3 is 2.82 bits per heavy atom. The third-order valence-electron chi connectivity index (χ3n) is 1.49. The highest BCUT2D eigenvalue weighted by Crippen LogP contribution is 2.02. The molecule has 0 unspecified atom stereocenters. The van der Waals surface area contributed by atoms with Gasteiger partial charge in [-0.3, -0.25) is 4.98 Å². The van der Waals surface area contributed by atoms with E-state index in [-0.39, 0.29) is 6.04 Å². The fourth-order valence-corrected chi connectivity index (χ4v) is 1.10. The minimum atomic E-state index is 0.221. The minimum Gasteiger partial charge on any atom is -0.328 e. The zero-order chi connectivity index (χ0) is 8.27. The van der Waals surface area contributed by atoms with Crippen molar-refractivity contribution in [2.75, 3.05) is 0 Å². The number of nitrogens with zero attached hydrogens (tertiary/aromatic N) is 1. The standard InChI is InChI=1S/C9H14N2/c1-7-3-9(4-8(2)10)6-11-5-7/h3,5-6,8H,4,10H2,1-2H3/t8-/m1/s1. The predicted octanol–water partition coefficient (Wildman–Crippen LogP) is 1.28. The molecule has 0 bridgehead atoms. The van der Waals surface area contributed by atoms with Gasteiger partial charge in [0.15, 0.2) is 0 Å². The molecule has 2 nitrogen and oxygen atoms in total. The van der Waals surface area contributed by atoms with Crippen molar-refractivity contribution in [2.24, 2.45) is 5.73 Å². The van der Waals surface area contributed by atoms with E-state index in [9.17, 15) is 0 Å². The second-order valence-corrected chi connectivity index (χ2v) is 3.05. The number of pyridine rings is 1. The molecular weight excluding hydrogens is 136 g/mol. The van der Waals surface area contributed by atoms with E-state index in [0.29, 0.717) is 0 Å². The fourth-order valence-electron chi connectivity index (χ4n) is 1.10. The second kappa shape index (κ2) is 3.49. The maximum atomic E-state index is 5.65. The van der Waals surface area contributed by atoms with Crippen molar-refractivity contribution in [1.82, 2.24) is 4.98 Å². The van der Waals surface area contributed by atoms with Crippen LogP contribution < -0.4 is 5.73 Å². The molecule has 11 heavy (non-hydrogen) atoms. The van der Waals surface area contributed by atoms with Crippen LogP contribution in [0.4, 0.5) is 0 Å². The summed E-state index contributed by atoms with van der Waals surface area (Å²) in [5.74, 6) is 0. The zero-order valence-corrected chi connectivity index (χ0v) is 7.04. The van der Waals surface area contributed by atoms with Crippen molar-refractivity contribution in [3.63, 3.8) is 0 Å². The van der Waals surface area contributed by atoms with Gasteiger partial charge in [-0.2, -0.15) is 0 Å². The summed E-state index contributed by atoms with van der Waals surface area (Å²) in [7, 11) is 0. The van der Waals surface area contributed by atoms with Crippen LogP contribution in [0.3, 0.4) is 0 Å². The summed E-state index contributed by atoms with van der Waals surface area (Å²) < 4.78 is 0. The van der Waals surface area contributed by atoms with E-state index < -0.39 is 0 Å². The van der Waals surface area contributed by atoms with Crippen LogP contribution in [0.2, 0.25) is 0 Å². The number of aryl methyl sites for hydroxylation is 1. The Balaban J connectivity index is 2.71. The minimum absolute atomic E-state index is 0.221. The van der Waals surface area contributed by atoms with Crippen molar-refractivity contribution in [2.45, 2.75) is 26.3 Å². The maximum Gasteiger partial charge on any atom is 0.0300 e. The lowest BCUT2D eigenvalue weighted by molar-refractivity contribution is 0.735. The molecular formula is C9H14N2. The van der Waals surface area contributed by atoms with Gasteiger partial charge in [-0.25, -0.2) is 0 Å². The van der Waals surface area contributed by atoms with Crippen LogP contribution in [-0.2, 0) is 6.42 Å². The van der Waals surface area contributed by atoms with E-state index in [1.165, 1.54) is 11.1 Å². The molecule has 0 aromatic carbocycles. The molecule has 0 radical (unpaired) electrons. The highest BCUT2D eigenvalue weighted by molar-refractivity contribution is 5.17. The Morgan fingerprint density at radius 1 is 1.55 bits per heavy atom. The van der Waals surface area contributed by atoms with Crippen LogP contribution >= 0.6 is 0 Å². The topological polar surface area (TPSA) is 38.9 Å². The Morgan fingerprint density at radius 2 is 2.27 bits per heavy atom. The number of hydrogen-bond donors (Lipinski definition) is 1. The van der Waals surface area contributed by atoms with Crippen molar-refractivity contribution in [3.05, 3.63) is 29.6 Å². The molecule has 2 N–H and O–H groups in total. The third kappa shape index (κ3) is 2.68. The van der Waals surface area contributed by atoms with Crippen LogP contribution in [0.25, 0.3) is 0 Å².